The molecule has 1 aromatic carbocycles. The maximum atomic E-state index is 13.5. The first kappa shape index (κ1) is 13.4. The van der Waals surface area contributed by atoms with Crippen molar-refractivity contribution in [3.63, 3.8) is 0 Å². The molecule has 1 aromatic heterocycles. The van der Waals surface area contributed by atoms with Crippen LogP contribution < -0.4 is 5.32 Å². The van der Waals surface area contributed by atoms with Crippen molar-refractivity contribution in [2.75, 3.05) is 18.4 Å². The molecule has 0 atom stereocenters. The number of halogens is 2. The van der Waals surface area contributed by atoms with E-state index in [9.17, 15) is 13.6 Å². The number of nitrogens with one attached hydrogen (secondary N) is 1. The molecular weight excluding hydrogens is 278 g/mol. The number of likely N-dealkylation sites (tertiary alicyclic amines) is 1. The van der Waals surface area contributed by atoms with Crippen molar-refractivity contribution in [3.8, 4) is 0 Å². The molecule has 21 heavy (non-hydrogen) atoms. The fourth-order valence-corrected chi connectivity index (χ4v) is 2.15. The minimum absolute atomic E-state index is 0.0221. The van der Waals surface area contributed by atoms with E-state index in [1.54, 1.807) is 18.5 Å². The third-order valence-electron chi connectivity index (χ3n) is 3.24. The molecule has 0 saturated carbocycles. The molecule has 108 valence electrons. The first-order chi connectivity index (χ1) is 10.1. The summed E-state index contributed by atoms with van der Waals surface area (Å²) in [7, 11) is 0. The van der Waals surface area contributed by atoms with E-state index in [-0.39, 0.29) is 6.04 Å². The highest BCUT2D eigenvalue weighted by Gasteiger charge is 2.34. The first-order valence-corrected chi connectivity index (χ1v) is 6.42. The minimum Gasteiger partial charge on any atom is -0.348 e. The SMILES string of the molecule is O=C(c1c(F)cccc1F)N1CC(Nc2ncccn2)C1. The molecule has 2 heterocycles. The van der Waals surface area contributed by atoms with Gasteiger partial charge < -0.3 is 10.2 Å². The molecule has 1 N–H and O–H groups in total. The molecule has 1 saturated heterocycles. The second-order valence-electron chi connectivity index (χ2n) is 4.72. The largest absolute Gasteiger partial charge is 0.348 e. The fraction of sp³-hybridized carbons (Fsp3) is 0.214. The molecule has 1 fully saturated rings. The highest BCUT2D eigenvalue weighted by Crippen LogP contribution is 2.19. The van der Waals surface area contributed by atoms with Gasteiger partial charge in [-0.1, -0.05) is 6.07 Å². The summed E-state index contributed by atoms with van der Waals surface area (Å²) >= 11 is 0. The normalized spacial score (nSPS) is 14.7. The van der Waals surface area contributed by atoms with Crippen molar-refractivity contribution >= 4 is 11.9 Å². The van der Waals surface area contributed by atoms with Crippen LogP contribution in [-0.4, -0.2) is 39.9 Å². The Morgan fingerprint density at radius 3 is 2.38 bits per heavy atom. The van der Waals surface area contributed by atoms with E-state index in [1.807, 2.05) is 0 Å². The molecule has 1 aliphatic rings. The Labute approximate surface area is 119 Å². The Kier molecular flexibility index (Phi) is 3.47. The lowest BCUT2D eigenvalue weighted by Gasteiger charge is -2.39. The quantitative estimate of drug-likeness (QED) is 0.934. The van der Waals surface area contributed by atoms with Gasteiger partial charge in [0.15, 0.2) is 0 Å². The number of aromatic nitrogens is 2. The summed E-state index contributed by atoms with van der Waals surface area (Å²) in [6, 6.07) is 5.05. The Morgan fingerprint density at radius 2 is 1.76 bits per heavy atom. The van der Waals surface area contributed by atoms with Crippen LogP contribution in [0, 0.1) is 11.6 Å². The maximum absolute atomic E-state index is 13.5. The topological polar surface area (TPSA) is 58.1 Å². The van der Waals surface area contributed by atoms with Crippen molar-refractivity contribution < 1.29 is 13.6 Å². The van der Waals surface area contributed by atoms with Crippen LogP contribution in [0.1, 0.15) is 10.4 Å². The highest BCUT2D eigenvalue weighted by atomic mass is 19.1. The zero-order valence-electron chi connectivity index (χ0n) is 11.0. The number of rotatable bonds is 3. The monoisotopic (exact) mass is 290 g/mol. The summed E-state index contributed by atoms with van der Waals surface area (Å²) in [5.74, 6) is -1.87. The van der Waals surface area contributed by atoms with Crippen LogP contribution in [0.2, 0.25) is 0 Å². The van der Waals surface area contributed by atoms with Gasteiger partial charge in [-0.15, -0.1) is 0 Å². The molecule has 0 aliphatic carbocycles. The van der Waals surface area contributed by atoms with E-state index in [0.717, 1.165) is 12.1 Å². The number of carbonyl (C=O) groups is 1. The Hall–Kier alpha value is -2.57. The van der Waals surface area contributed by atoms with E-state index in [4.69, 9.17) is 0 Å². The molecule has 3 rings (SSSR count). The van der Waals surface area contributed by atoms with Gasteiger partial charge in [-0.25, -0.2) is 18.7 Å². The van der Waals surface area contributed by atoms with Gasteiger partial charge in [-0.05, 0) is 18.2 Å². The van der Waals surface area contributed by atoms with Crippen LogP contribution in [0.3, 0.4) is 0 Å². The van der Waals surface area contributed by atoms with Gasteiger partial charge in [0.2, 0.25) is 5.95 Å². The van der Waals surface area contributed by atoms with Gasteiger partial charge >= 0.3 is 0 Å². The Bertz CT molecular complexity index is 639. The number of hydrogen-bond donors (Lipinski definition) is 1. The van der Waals surface area contributed by atoms with Gasteiger partial charge in [0.05, 0.1) is 6.04 Å². The predicted molar refractivity (Wildman–Crippen MR) is 71.7 cm³/mol. The van der Waals surface area contributed by atoms with Crippen LogP contribution in [0.25, 0.3) is 0 Å². The lowest BCUT2D eigenvalue weighted by Crippen LogP contribution is -2.57. The molecule has 0 spiro atoms. The molecule has 0 radical (unpaired) electrons. The highest BCUT2D eigenvalue weighted by molar-refractivity contribution is 5.95. The summed E-state index contributed by atoms with van der Waals surface area (Å²) < 4.78 is 27.1. The van der Waals surface area contributed by atoms with E-state index < -0.39 is 23.1 Å². The van der Waals surface area contributed by atoms with Crippen molar-refractivity contribution in [1.82, 2.24) is 14.9 Å². The molecule has 1 aliphatic heterocycles. The van der Waals surface area contributed by atoms with Crippen LogP contribution in [0.4, 0.5) is 14.7 Å². The number of hydrogen-bond acceptors (Lipinski definition) is 4. The second kappa shape index (κ2) is 5.43. The Morgan fingerprint density at radius 1 is 1.14 bits per heavy atom. The summed E-state index contributed by atoms with van der Waals surface area (Å²) in [5.41, 5.74) is -0.507. The molecule has 5 nitrogen and oxygen atoms in total. The predicted octanol–water partition coefficient (Wildman–Crippen LogP) is 1.69. The molecule has 1 amide bonds. The minimum atomic E-state index is -0.845. The summed E-state index contributed by atoms with van der Waals surface area (Å²) in [6.45, 7) is 0.704. The number of amides is 1. The van der Waals surface area contributed by atoms with Gasteiger partial charge in [0.25, 0.3) is 5.91 Å². The average molecular weight is 290 g/mol. The van der Waals surface area contributed by atoms with Gasteiger partial charge in [0, 0.05) is 25.5 Å². The molecule has 7 heteroatoms. The summed E-state index contributed by atoms with van der Waals surface area (Å²) in [4.78, 5) is 21.5. The number of nitrogens with zero attached hydrogens (tertiary/aromatic N) is 3. The lowest BCUT2D eigenvalue weighted by molar-refractivity contribution is 0.0614. The molecular formula is C14H12F2N4O. The van der Waals surface area contributed by atoms with Crippen molar-refractivity contribution in [3.05, 3.63) is 53.9 Å². The third-order valence-corrected chi connectivity index (χ3v) is 3.24. The number of anilines is 1. The Balaban J connectivity index is 1.62. The van der Waals surface area contributed by atoms with Crippen molar-refractivity contribution in [1.29, 1.82) is 0 Å². The molecule has 2 aromatic rings. The van der Waals surface area contributed by atoms with Crippen LogP contribution in [0.5, 0.6) is 0 Å². The number of benzene rings is 1. The lowest BCUT2D eigenvalue weighted by atomic mass is 10.1. The summed E-state index contributed by atoms with van der Waals surface area (Å²) in [5, 5.41) is 3.04. The second-order valence-corrected chi connectivity index (χ2v) is 4.72. The van der Waals surface area contributed by atoms with E-state index in [1.165, 1.54) is 11.0 Å². The van der Waals surface area contributed by atoms with Gasteiger partial charge in [-0.3, -0.25) is 4.79 Å². The average Bonchev–Trinajstić information content (AvgIpc) is 2.43. The van der Waals surface area contributed by atoms with Crippen LogP contribution in [0.15, 0.2) is 36.7 Å². The summed E-state index contributed by atoms with van der Waals surface area (Å²) in [6.07, 6.45) is 3.21. The van der Waals surface area contributed by atoms with Gasteiger partial charge in [-0.2, -0.15) is 0 Å². The van der Waals surface area contributed by atoms with E-state index in [2.05, 4.69) is 15.3 Å². The molecule has 0 bridgehead atoms. The standard InChI is InChI=1S/C14H12F2N4O/c15-10-3-1-4-11(16)12(10)13(21)20-7-9(8-20)19-14-17-5-2-6-18-14/h1-6,9H,7-8H2,(H,17,18,19). The van der Waals surface area contributed by atoms with Crippen molar-refractivity contribution in [2.45, 2.75) is 6.04 Å². The number of carbonyl (C=O) groups excluding carboxylic acids is 1. The maximum Gasteiger partial charge on any atom is 0.259 e. The van der Waals surface area contributed by atoms with Crippen LogP contribution >= 0.6 is 0 Å². The van der Waals surface area contributed by atoms with E-state index >= 15 is 0 Å². The van der Waals surface area contributed by atoms with Crippen LogP contribution in [-0.2, 0) is 0 Å². The first-order valence-electron chi connectivity index (χ1n) is 6.42. The van der Waals surface area contributed by atoms with Crippen molar-refractivity contribution in [2.24, 2.45) is 0 Å². The fourth-order valence-electron chi connectivity index (χ4n) is 2.15. The smallest absolute Gasteiger partial charge is 0.259 e. The van der Waals surface area contributed by atoms with E-state index in [0.29, 0.717) is 19.0 Å². The third kappa shape index (κ3) is 2.67. The van der Waals surface area contributed by atoms with Gasteiger partial charge in [0.1, 0.15) is 17.2 Å². The zero-order valence-corrected chi connectivity index (χ0v) is 11.0. The molecule has 0 unspecified atom stereocenters. The zero-order chi connectivity index (χ0) is 14.8.